The van der Waals surface area contributed by atoms with E-state index in [2.05, 4.69) is 41.8 Å². The van der Waals surface area contributed by atoms with Gasteiger partial charge in [0.1, 0.15) is 0 Å². The van der Waals surface area contributed by atoms with Gasteiger partial charge < -0.3 is 4.90 Å². The quantitative estimate of drug-likeness (QED) is 0.743. The van der Waals surface area contributed by atoms with Crippen LogP contribution in [0.3, 0.4) is 0 Å². The van der Waals surface area contributed by atoms with E-state index in [1.165, 1.54) is 5.56 Å². The van der Waals surface area contributed by atoms with Crippen molar-refractivity contribution in [3.05, 3.63) is 22.4 Å². The van der Waals surface area contributed by atoms with Gasteiger partial charge in [0.05, 0.1) is 12.5 Å². The molecule has 0 spiro atoms. The third-order valence-corrected chi connectivity index (χ3v) is 3.20. The number of nitrogens with zero attached hydrogens (tertiary/aromatic N) is 2. The molecule has 0 aliphatic rings. The molecular weight excluding hydrogens is 192 g/mol. The Morgan fingerprint density at radius 2 is 2.43 bits per heavy atom. The van der Waals surface area contributed by atoms with Crippen molar-refractivity contribution in [2.75, 3.05) is 13.6 Å². The van der Waals surface area contributed by atoms with Crippen molar-refractivity contribution in [3.63, 3.8) is 0 Å². The summed E-state index contributed by atoms with van der Waals surface area (Å²) in [5.74, 6) is 0. The summed E-state index contributed by atoms with van der Waals surface area (Å²) in [6.07, 6.45) is 1.69. The van der Waals surface area contributed by atoms with E-state index in [1.807, 2.05) is 0 Å². The highest BCUT2D eigenvalue weighted by atomic mass is 32.1. The fourth-order valence-electron chi connectivity index (χ4n) is 1.25. The van der Waals surface area contributed by atoms with Gasteiger partial charge in [-0.2, -0.15) is 16.6 Å². The van der Waals surface area contributed by atoms with Gasteiger partial charge in [-0.15, -0.1) is 0 Å². The van der Waals surface area contributed by atoms with Crippen molar-refractivity contribution >= 4 is 11.3 Å². The zero-order valence-electron chi connectivity index (χ0n) is 8.73. The van der Waals surface area contributed by atoms with E-state index in [9.17, 15) is 0 Å². The maximum absolute atomic E-state index is 8.56. The smallest absolute Gasteiger partial charge is 0.0638 e. The van der Waals surface area contributed by atoms with Crippen LogP contribution in [-0.4, -0.2) is 24.5 Å². The van der Waals surface area contributed by atoms with Gasteiger partial charge in [0.25, 0.3) is 0 Å². The molecule has 1 aromatic heterocycles. The molecule has 0 amide bonds. The van der Waals surface area contributed by atoms with Crippen LogP contribution in [0.4, 0.5) is 0 Å². The average molecular weight is 208 g/mol. The minimum Gasteiger partial charge on any atom is -0.302 e. The standard InChI is InChI=1S/C11H16N2S/c1-10(3-6-12)13(2)7-4-11-5-8-14-9-11/h5,8-10H,3-4,7H2,1-2H3. The third kappa shape index (κ3) is 3.49. The van der Waals surface area contributed by atoms with Crippen molar-refractivity contribution in [3.8, 4) is 6.07 Å². The number of nitriles is 1. The second-order valence-corrected chi connectivity index (χ2v) is 4.35. The summed E-state index contributed by atoms with van der Waals surface area (Å²) in [5, 5.41) is 12.9. The number of likely N-dealkylation sites (N-methyl/N-ethyl adjacent to an activating group) is 1. The Balaban J connectivity index is 2.28. The van der Waals surface area contributed by atoms with Crippen LogP contribution in [0, 0.1) is 11.3 Å². The molecule has 0 aliphatic carbocycles. The number of thiophene rings is 1. The van der Waals surface area contributed by atoms with Crippen LogP contribution in [0.2, 0.25) is 0 Å². The summed E-state index contributed by atoms with van der Waals surface area (Å²) in [4.78, 5) is 2.24. The van der Waals surface area contributed by atoms with Gasteiger partial charge in [-0.1, -0.05) is 0 Å². The molecule has 0 fully saturated rings. The second-order valence-electron chi connectivity index (χ2n) is 3.57. The monoisotopic (exact) mass is 208 g/mol. The van der Waals surface area contributed by atoms with Crippen LogP contribution in [-0.2, 0) is 6.42 Å². The van der Waals surface area contributed by atoms with Gasteiger partial charge >= 0.3 is 0 Å². The van der Waals surface area contributed by atoms with Gasteiger partial charge in [-0.3, -0.25) is 0 Å². The van der Waals surface area contributed by atoms with Gasteiger partial charge in [0.15, 0.2) is 0 Å². The van der Waals surface area contributed by atoms with Crippen molar-refractivity contribution in [1.82, 2.24) is 4.90 Å². The molecule has 1 aromatic rings. The second kappa shape index (κ2) is 5.79. The molecule has 0 N–H and O–H groups in total. The molecule has 1 atom stereocenters. The van der Waals surface area contributed by atoms with Gasteiger partial charge in [-0.25, -0.2) is 0 Å². The van der Waals surface area contributed by atoms with Crippen LogP contribution in [0.1, 0.15) is 18.9 Å². The molecule has 0 saturated heterocycles. The molecule has 0 radical (unpaired) electrons. The highest BCUT2D eigenvalue weighted by Crippen LogP contribution is 2.08. The highest BCUT2D eigenvalue weighted by Gasteiger charge is 2.07. The fraction of sp³-hybridized carbons (Fsp3) is 0.545. The summed E-state index contributed by atoms with van der Waals surface area (Å²) in [6, 6.07) is 4.72. The summed E-state index contributed by atoms with van der Waals surface area (Å²) in [7, 11) is 2.08. The molecule has 0 aliphatic heterocycles. The molecular formula is C11H16N2S. The normalized spacial score (nSPS) is 12.7. The minimum absolute atomic E-state index is 0.360. The first-order valence-corrected chi connectivity index (χ1v) is 5.76. The zero-order valence-corrected chi connectivity index (χ0v) is 9.55. The van der Waals surface area contributed by atoms with E-state index in [0.717, 1.165) is 13.0 Å². The lowest BCUT2D eigenvalue weighted by Crippen LogP contribution is -2.30. The Hall–Kier alpha value is -0.850. The Bertz CT molecular complexity index is 287. The molecule has 0 aromatic carbocycles. The van der Waals surface area contributed by atoms with Crippen molar-refractivity contribution < 1.29 is 0 Å². The van der Waals surface area contributed by atoms with Crippen LogP contribution < -0.4 is 0 Å². The van der Waals surface area contributed by atoms with Crippen LogP contribution in [0.15, 0.2) is 16.8 Å². The Labute approximate surface area is 89.8 Å². The Kier molecular flexibility index (Phi) is 4.64. The van der Waals surface area contributed by atoms with Crippen LogP contribution in [0.5, 0.6) is 0 Å². The first kappa shape index (κ1) is 11.2. The maximum Gasteiger partial charge on any atom is 0.0638 e. The zero-order chi connectivity index (χ0) is 10.4. The SMILES string of the molecule is CC(CC#N)N(C)CCc1ccsc1. The summed E-state index contributed by atoms with van der Waals surface area (Å²) >= 11 is 1.74. The van der Waals surface area contributed by atoms with Crippen molar-refractivity contribution in [2.24, 2.45) is 0 Å². The molecule has 76 valence electrons. The molecule has 3 heteroatoms. The maximum atomic E-state index is 8.56. The molecule has 1 rings (SSSR count). The number of hydrogen-bond donors (Lipinski definition) is 0. The Morgan fingerprint density at radius 1 is 1.64 bits per heavy atom. The van der Waals surface area contributed by atoms with E-state index < -0.39 is 0 Å². The molecule has 1 unspecified atom stereocenters. The molecule has 1 heterocycles. The van der Waals surface area contributed by atoms with Gasteiger partial charge in [0, 0.05) is 12.6 Å². The van der Waals surface area contributed by atoms with E-state index >= 15 is 0 Å². The highest BCUT2D eigenvalue weighted by molar-refractivity contribution is 7.07. The van der Waals surface area contributed by atoms with Gasteiger partial charge in [0.2, 0.25) is 0 Å². The first-order valence-electron chi connectivity index (χ1n) is 4.82. The van der Waals surface area contributed by atoms with Crippen molar-refractivity contribution in [1.29, 1.82) is 5.26 Å². The minimum atomic E-state index is 0.360. The fourth-order valence-corrected chi connectivity index (χ4v) is 1.95. The lowest BCUT2D eigenvalue weighted by Gasteiger charge is -2.22. The van der Waals surface area contributed by atoms with E-state index in [1.54, 1.807) is 11.3 Å². The largest absolute Gasteiger partial charge is 0.302 e. The molecule has 0 saturated carbocycles. The first-order chi connectivity index (χ1) is 6.74. The van der Waals surface area contributed by atoms with E-state index in [-0.39, 0.29) is 0 Å². The average Bonchev–Trinajstić information content (AvgIpc) is 2.67. The third-order valence-electron chi connectivity index (χ3n) is 2.47. The van der Waals surface area contributed by atoms with Crippen molar-refractivity contribution in [2.45, 2.75) is 25.8 Å². The number of hydrogen-bond acceptors (Lipinski definition) is 3. The molecule has 0 bridgehead atoms. The summed E-state index contributed by atoms with van der Waals surface area (Å²) in [6.45, 7) is 3.12. The molecule has 2 nitrogen and oxygen atoms in total. The Morgan fingerprint density at radius 3 is 3.00 bits per heavy atom. The van der Waals surface area contributed by atoms with Crippen LogP contribution >= 0.6 is 11.3 Å². The topological polar surface area (TPSA) is 27.0 Å². The van der Waals surface area contributed by atoms with E-state index in [4.69, 9.17) is 5.26 Å². The van der Waals surface area contributed by atoms with Crippen LogP contribution in [0.25, 0.3) is 0 Å². The summed E-state index contributed by atoms with van der Waals surface area (Å²) in [5.41, 5.74) is 1.39. The summed E-state index contributed by atoms with van der Waals surface area (Å²) < 4.78 is 0. The lowest BCUT2D eigenvalue weighted by atomic mass is 10.2. The predicted octanol–water partition coefficient (Wildman–Crippen LogP) is 2.52. The predicted molar refractivity (Wildman–Crippen MR) is 60.3 cm³/mol. The van der Waals surface area contributed by atoms with Gasteiger partial charge in [-0.05, 0) is 42.8 Å². The lowest BCUT2D eigenvalue weighted by molar-refractivity contribution is 0.264. The van der Waals surface area contributed by atoms with E-state index in [0.29, 0.717) is 12.5 Å². The molecule has 14 heavy (non-hydrogen) atoms. The number of rotatable bonds is 5.